The second kappa shape index (κ2) is 1.95. The summed E-state index contributed by atoms with van der Waals surface area (Å²) in [5, 5.41) is 9.09. The van der Waals surface area contributed by atoms with Crippen LogP contribution < -0.4 is 5.73 Å². The van der Waals surface area contributed by atoms with Gasteiger partial charge in [-0.25, -0.2) is 0 Å². The molecule has 1 heterocycles. The van der Waals surface area contributed by atoms with Gasteiger partial charge < -0.3 is 10.8 Å². The SMILES string of the molecule is NC1(c2cncc(O)c2)CC1. The molecule has 3 N–H and O–H groups in total. The van der Waals surface area contributed by atoms with Crippen molar-refractivity contribution in [3.63, 3.8) is 0 Å². The van der Waals surface area contributed by atoms with E-state index in [2.05, 4.69) is 4.98 Å². The molecule has 58 valence electrons. The predicted molar refractivity (Wildman–Crippen MR) is 41.0 cm³/mol. The van der Waals surface area contributed by atoms with Gasteiger partial charge in [-0.3, -0.25) is 4.98 Å². The van der Waals surface area contributed by atoms with Crippen molar-refractivity contribution in [2.24, 2.45) is 5.73 Å². The molecule has 1 aromatic rings. The molecule has 11 heavy (non-hydrogen) atoms. The Hall–Kier alpha value is -1.09. The van der Waals surface area contributed by atoms with Crippen molar-refractivity contribution in [3.8, 4) is 5.75 Å². The van der Waals surface area contributed by atoms with Crippen LogP contribution in [0.4, 0.5) is 0 Å². The van der Waals surface area contributed by atoms with Crippen molar-refractivity contribution < 1.29 is 5.11 Å². The maximum atomic E-state index is 9.09. The summed E-state index contributed by atoms with van der Waals surface area (Å²) in [5.74, 6) is 0.194. The first-order chi connectivity index (χ1) is 5.21. The van der Waals surface area contributed by atoms with E-state index in [9.17, 15) is 0 Å². The Morgan fingerprint density at radius 1 is 1.45 bits per heavy atom. The smallest absolute Gasteiger partial charge is 0.134 e. The number of nitrogens with two attached hydrogens (primary N) is 1. The number of nitrogens with zero attached hydrogens (tertiary/aromatic N) is 1. The summed E-state index contributed by atoms with van der Waals surface area (Å²) < 4.78 is 0. The van der Waals surface area contributed by atoms with Crippen LogP contribution >= 0.6 is 0 Å². The summed E-state index contributed by atoms with van der Waals surface area (Å²) in [6.45, 7) is 0. The average molecular weight is 150 g/mol. The van der Waals surface area contributed by atoms with Crippen molar-refractivity contribution in [2.75, 3.05) is 0 Å². The Bertz CT molecular complexity index is 281. The van der Waals surface area contributed by atoms with E-state index in [1.807, 2.05) is 0 Å². The van der Waals surface area contributed by atoms with Gasteiger partial charge in [-0.1, -0.05) is 0 Å². The fourth-order valence-corrected chi connectivity index (χ4v) is 1.12. The number of pyridine rings is 1. The highest BCUT2D eigenvalue weighted by Crippen LogP contribution is 2.42. The number of rotatable bonds is 1. The molecule has 3 nitrogen and oxygen atoms in total. The first-order valence-electron chi connectivity index (χ1n) is 3.64. The maximum absolute atomic E-state index is 9.09. The highest BCUT2D eigenvalue weighted by atomic mass is 16.3. The zero-order chi connectivity index (χ0) is 7.90. The zero-order valence-electron chi connectivity index (χ0n) is 6.12. The Labute approximate surface area is 64.9 Å². The lowest BCUT2D eigenvalue weighted by atomic mass is 10.1. The van der Waals surface area contributed by atoms with E-state index in [1.54, 1.807) is 12.3 Å². The van der Waals surface area contributed by atoms with Crippen molar-refractivity contribution >= 4 is 0 Å². The van der Waals surface area contributed by atoms with Crippen molar-refractivity contribution in [2.45, 2.75) is 18.4 Å². The Morgan fingerprint density at radius 2 is 2.18 bits per heavy atom. The quantitative estimate of drug-likeness (QED) is 0.620. The van der Waals surface area contributed by atoms with E-state index in [0.29, 0.717) is 0 Å². The summed E-state index contributed by atoms with van der Waals surface area (Å²) in [5.41, 5.74) is 6.64. The van der Waals surface area contributed by atoms with Crippen LogP contribution in [0.3, 0.4) is 0 Å². The monoisotopic (exact) mass is 150 g/mol. The first kappa shape index (κ1) is 6.61. The standard InChI is InChI=1S/C8H10N2O/c9-8(1-2-8)6-3-7(11)5-10-4-6/h3-5,11H,1-2,9H2. The molecule has 0 radical (unpaired) electrons. The number of hydrogen-bond donors (Lipinski definition) is 2. The van der Waals surface area contributed by atoms with E-state index in [1.165, 1.54) is 6.20 Å². The fourth-order valence-electron chi connectivity index (χ4n) is 1.12. The Balaban J connectivity index is 2.38. The van der Waals surface area contributed by atoms with Gasteiger partial charge in [-0.05, 0) is 24.5 Å². The summed E-state index contributed by atoms with van der Waals surface area (Å²) >= 11 is 0. The molecule has 0 spiro atoms. The van der Waals surface area contributed by atoms with Gasteiger partial charge >= 0.3 is 0 Å². The fraction of sp³-hybridized carbons (Fsp3) is 0.375. The normalized spacial score (nSPS) is 19.7. The van der Waals surface area contributed by atoms with Gasteiger partial charge in [-0.15, -0.1) is 0 Å². The lowest BCUT2D eigenvalue weighted by Gasteiger charge is -2.07. The summed E-state index contributed by atoms with van der Waals surface area (Å²) in [6, 6.07) is 1.68. The molecule has 3 heteroatoms. The van der Waals surface area contributed by atoms with Crippen LogP contribution in [0.15, 0.2) is 18.5 Å². The van der Waals surface area contributed by atoms with Gasteiger partial charge in [0.15, 0.2) is 0 Å². The molecule has 0 atom stereocenters. The van der Waals surface area contributed by atoms with E-state index in [-0.39, 0.29) is 11.3 Å². The summed E-state index contributed by atoms with van der Waals surface area (Å²) in [4.78, 5) is 3.86. The van der Waals surface area contributed by atoms with Crippen molar-refractivity contribution in [1.29, 1.82) is 0 Å². The molecule has 0 saturated heterocycles. The minimum atomic E-state index is -0.189. The lowest BCUT2D eigenvalue weighted by Crippen LogP contribution is -2.18. The van der Waals surface area contributed by atoms with Crippen LogP contribution in [0.1, 0.15) is 18.4 Å². The molecule has 0 bridgehead atoms. The molecule has 0 unspecified atom stereocenters. The largest absolute Gasteiger partial charge is 0.506 e. The van der Waals surface area contributed by atoms with Gasteiger partial charge in [0, 0.05) is 11.7 Å². The highest BCUT2D eigenvalue weighted by molar-refractivity contribution is 5.31. The van der Waals surface area contributed by atoms with Crippen molar-refractivity contribution in [1.82, 2.24) is 4.98 Å². The molecule has 1 saturated carbocycles. The van der Waals surface area contributed by atoms with Gasteiger partial charge in [0.25, 0.3) is 0 Å². The topological polar surface area (TPSA) is 59.1 Å². The van der Waals surface area contributed by atoms with Crippen LogP contribution in [0.25, 0.3) is 0 Å². The van der Waals surface area contributed by atoms with Crippen LogP contribution in [0.2, 0.25) is 0 Å². The minimum Gasteiger partial charge on any atom is -0.506 e. The number of hydrogen-bond acceptors (Lipinski definition) is 3. The van der Waals surface area contributed by atoms with Gasteiger partial charge in [-0.2, -0.15) is 0 Å². The average Bonchev–Trinajstić information content (AvgIpc) is 2.70. The van der Waals surface area contributed by atoms with Gasteiger partial charge in [0.1, 0.15) is 5.75 Å². The Morgan fingerprint density at radius 3 is 2.73 bits per heavy atom. The van der Waals surface area contributed by atoms with E-state index in [0.717, 1.165) is 18.4 Å². The first-order valence-corrected chi connectivity index (χ1v) is 3.64. The molecule has 1 aliphatic rings. The third-order valence-corrected chi connectivity index (χ3v) is 2.09. The molecular weight excluding hydrogens is 140 g/mol. The molecule has 0 amide bonds. The zero-order valence-corrected chi connectivity index (χ0v) is 6.12. The van der Waals surface area contributed by atoms with Crippen LogP contribution in [0, 0.1) is 0 Å². The predicted octanol–water partition coefficient (Wildman–Crippen LogP) is 0.735. The third kappa shape index (κ3) is 1.07. The summed E-state index contributed by atoms with van der Waals surface area (Å²) in [7, 11) is 0. The van der Waals surface area contributed by atoms with Gasteiger partial charge in [0.2, 0.25) is 0 Å². The molecule has 2 rings (SSSR count). The number of aromatic hydroxyl groups is 1. The molecular formula is C8H10N2O. The van der Waals surface area contributed by atoms with Gasteiger partial charge in [0.05, 0.1) is 6.20 Å². The van der Waals surface area contributed by atoms with Crippen LogP contribution in [0.5, 0.6) is 5.75 Å². The van der Waals surface area contributed by atoms with Crippen LogP contribution in [-0.2, 0) is 5.54 Å². The molecule has 1 fully saturated rings. The van der Waals surface area contributed by atoms with E-state index >= 15 is 0 Å². The molecule has 1 aliphatic carbocycles. The minimum absolute atomic E-state index is 0.189. The molecule has 0 aliphatic heterocycles. The molecule has 1 aromatic heterocycles. The van der Waals surface area contributed by atoms with Crippen molar-refractivity contribution in [3.05, 3.63) is 24.0 Å². The van der Waals surface area contributed by atoms with E-state index < -0.39 is 0 Å². The number of aromatic nitrogens is 1. The highest BCUT2D eigenvalue weighted by Gasteiger charge is 2.40. The van der Waals surface area contributed by atoms with E-state index in [4.69, 9.17) is 10.8 Å². The third-order valence-electron chi connectivity index (χ3n) is 2.09. The summed E-state index contributed by atoms with van der Waals surface area (Å²) in [6.07, 6.45) is 5.12. The second-order valence-electron chi connectivity index (χ2n) is 3.09. The van der Waals surface area contributed by atoms with Crippen LogP contribution in [-0.4, -0.2) is 10.1 Å². The Kier molecular flexibility index (Phi) is 1.17. The maximum Gasteiger partial charge on any atom is 0.134 e. The molecule has 0 aromatic carbocycles. The second-order valence-corrected chi connectivity index (χ2v) is 3.09. The lowest BCUT2D eigenvalue weighted by molar-refractivity contribution is 0.470.